The summed E-state index contributed by atoms with van der Waals surface area (Å²) < 4.78 is 0.917. The van der Waals surface area contributed by atoms with Crippen molar-refractivity contribution in [1.82, 2.24) is 15.2 Å². The number of nitrogens with zero attached hydrogens (tertiary/aromatic N) is 1. The number of carbonyl (C=O) groups is 2. The first kappa shape index (κ1) is 20.1. The number of rotatable bonds is 6. The van der Waals surface area contributed by atoms with E-state index in [4.69, 9.17) is 0 Å². The van der Waals surface area contributed by atoms with Crippen molar-refractivity contribution in [3.05, 3.63) is 70.3 Å². The van der Waals surface area contributed by atoms with E-state index >= 15 is 0 Å². The van der Waals surface area contributed by atoms with E-state index in [1.807, 2.05) is 48.5 Å². The standard InChI is InChI=1S/C21H22BrN3O3/c1-25(2)21(28)19(26)17(10-13-6-4-3-5-7-13)24-20(27)18-12-14-11-15(22)8-9-16(14)23-18/h3-9,11-12,17,19,23,26H,10H2,1-2H3,(H,24,27)/t17-,19+/m0/s1. The van der Waals surface area contributed by atoms with Crippen molar-refractivity contribution in [3.63, 3.8) is 0 Å². The van der Waals surface area contributed by atoms with Gasteiger partial charge in [-0.25, -0.2) is 0 Å². The van der Waals surface area contributed by atoms with Gasteiger partial charge in [-0.1, -0.05) is 46.3 Å². The molecule has 0 saturated heterocycles. The first-order valence-electron chi connectivity index (χ1n) is 8.87. The molecule has 0 aliphatic heterocycles. The van der Waals surface area contributed by atoms with E-state index in [1.165, 1.54) is 4.90 Å². The number of H-pyrrole nitrogens is 1. The third kappa shape index (κ3) is 4.61. The number of aliphatic hydroxyl groups excluding tert-OH is 1. The molecular formula is C21H22BrN3O3. The Kier molecular flexibility index (Phi) is 6.16. The number of halogens is 1. The van der Waals surface area contributed by atoms with Gasteiger partial charge < -0.3 is 20.3 Å². The second kappa shape index (κ2) is 8.58. The van der Waals surface area contributed by atoms with Gasteiger partial charge in [0.1, 0.15) is 5.69 Å². The molecule has 0 spiro atoms. The van der Waals surface area contributed by atoms with E-state index in [-0.39, 0.29) is 5.91 Å². The number of aromatic amines is 1. The highest BCUT2D eigenvalue weighted by atomic mass is 79.9. The topological polar surface area (TPSA) is 85.4 Å². The maximum atomic E-state index is 12.8. The predicted molar refractivity (Wildman–Crippen MR) is 112 cm³/mol. The van der Waals surface area contributed by atoms with E-state index in [0.717, 1.165) is 20.9 Å². The molecule has 0 aliphatic carbocycles. The van der Waals surface area contributed by atoms with Crippen LogP contribution >= 0.6 is 15.9 Å². The highest BCUT2D eigenvalue weighted by molar-refractivity contribution is 9.10. The van der Waals surface area contributed by atoms with Gasteiger partial charge in [0.05, 0.1) is 6.04 Å². The number of benzene rings is 2. The summed E-state index contributed by atoms with van der Waals surface area (Å²) in [4.78, 5) is 29.5. The Hall–Kier alpha value is -2.64. The lowest BCUT2D eigenvalue weighted by Gasteiger charge is -2.25. The monoisotopic (exact) mass is 443 g/mol. The highest BCUT2D eigenvalue weighted by Crippen LogP contribution is 2.20. The van der Waals surface area contributed by atoms with Crippen molar-refractivity contribution < 1.29 is 14.7 Å². The average Bonchev–Trinajstić information content (AvgIpc) is 3.10. The summed E-state index contributed by atoms with van der Waals surface area (Å²) in [6.07, 6.45) is -1.02. The van der Waals surface area contributed by atoms with Crippen molar-refractivity contribution in [1.29, 1.82) is 0 Å². The summed E-state index contributed by atoms with van der Waals surface area (Å²) in [7, 11) is 3.14. The van der Waals surface area contributed by atoms with E-state index in [2.05, 4.69) is 26.2 Å². The maximum Gasteiger partial charge on any atom is 0.268 e. The fourth-order valence-corrected chi connectivity index (χ4v) is 3.40. The van der Waals surface area contributed by atoms with Crippen LogP contribution in [0.2, 0.25) is 0 Å². The molecule has 28 heavy (non-hydrogen) atoms. The van der Waals surface area contributed by atoms with Crippen LogP contribution in [-0.4, -0.2) is 53.0 Å². The number of aromatic nitrogens is 1. The molecule has 0 radical (unpaired) electrons. The van der Waals surface area contributed by atoms with Crippen LogP contribution in [0.4, 0.5) is 0 Å². The van der Waals surface area contributed by atoms with Gasteiger partial charge in [0.15, 0.2) is 6.10 Å². The van der Waals surface area contributed by atoms with Crippen molar-refractivity contribution >= 4 is 38.6 Å². The first-order chi connectivity index (χ1) is 13.3. The molecule has 3 N–H and O–H groups in total. The molecule has 0 saturated carbocycles. The number of nitrogens with one attached hydrogen (secondary N) is 2. The van der Waals surface area contributed by atoms with Crippen molar-refractivity contribution in [2.24, 2.45) is 0 Å². The normalized spacial score (nSPS) is 13.1. The van der Waals surface area contributed by atoms with Crippen LogP contribution in [0.3, 0.4) is 0 Å². The van der Waals surface area contributed by atoms with E-state index < -0.39 is 18.1 Å². The quantitative estimate of drug-likeness (QED) is 0.547. The Morgan fingerprint density at radius 2 is 1.86 bits per heavy atom. The maximum absolute atomic E-state index is 12.8. The molecule has 0 fully saturated rings. The zero-order valence-corrected chi connectivity index (χ0v) is 17.2. The minimum absolute atomic E-state index is 0.332. The van der Waals surface area contributed by atoms with Gasteiger partial charge in [-0.05, 0) is 36.2 Å². The lowest BCUT2D eigenvalue weighted by molar-refractivity contribution is -0.138. The van der Waals surface area contributed by atoms with Crippen LogP contribution in [0.25, 0.3) is 10.9 Å². The van der Waals surface area contributed by atoms with Gasteiger partial charge in [-0.3, -0.25) is 9.59 Å². The molecule has 1 aromatic heterocycles. The lowest BCUT2D eigenvalue weighted by atomic mass is 10.00. The van der Waals surface area contributed by atoms with Crippen molar-refractivity contribution in [2.75, 3.05) is 14.1 Å². The second-order valence-electron chi connectivity index (χ2n) is 6.86. The fourth-order valence-electron chi connectivity index (χ4n) is 3.02. The third-order valence-corrected chi connectivity index (χ3v) is 5.01. The Labute approximate surface area is 171 Å². The predicted octanol–water partition coefficient (Wildman–Crippen LogP) is 2.72. The third-order valence-electron chi connectivity index (χ3n) is 4.52. The van der Waals surface area contributed by atoms with Gasteiger partial charge in [0.25, 0.3) is 11.8 Å². The summed E-state index contributed by atoms with van der Waals surface area (Å²) in [5.41, 5.74) is 2.12. The molecule has 2 atom stereocenters. The molecule has 0 unspecified atom stereocenters. The number of amides is 2. The number of likely N-dealkylation sites (N-methyl/N-ethyl adjacent to an activating group) is 1. The Morgan fingerprint density at radius 1 is 1.14 bits per heavy atom. The number of aliphatic hydroxyl groups is 1. The molecule has 2 amide bonds. The number of hydrogen-bond acceptors (Lipinski definition) is 3. The summed E-state index contributed by atoms with van der Waals surface area (Å²) in [5.74, 6) is -0.833. The van der Waals surface area contributed by atoms with Crippen molar-refractivity contribution in [3.8, 4) is 0 Å². The molecule has 3 rings (SSSR count). The van der Waals surface area contributed by atoms with Crippen LogP contribution in [0, 0.1) is 0 Å². The molecular weight excluding hydrogens is 422 g/mol. The van der Waals surface area contributed by atoms with Crippen LogP contribution < -0.4 is 5.32 Å². The largest absolute Gasteiger partial charge is 0.381 e. The number of fused-ring (bicyclic) bond motifs is 1. The van der Waals surface area contributed by atoms with E-state index in [1.54, 1.807) is 20.2 Å². The fraction of sp³-hybridized carbons (Fsp3) is 0.238. The molecule has 146 valence electrons. The second-order valence-corrected chi connectivity index (χ2v) is 7.78. The smallest absolute Gasteiger partial charge is 0.268 e. The number of hydrogen-bond donors (Lipinski definition) is 3. The van der Waals surface area contributed by atoms with Gasteiger partial charge in [-0.15, -0.1) is 0 Å². The van der Waals surface area contributed by atoms with Gasteiger partial charge >= 0.3 is 0 Å². The lowest BCUT2D eigenvalue weighted by Crippen LogP contribution is -2.51. The van der Waals surface area contributed by atoms with Gasteiger partial charge in [-0.2, -0.15) is 0 Å². The SMILES string of the molecule is CN(C)C(=O)[C@H](O)[C@H](Cc1ccccc1)NC(=O)c1cc2cc(Br)ccc2[nH]1. The zero-order chi connectivity index (χ0) is 20.3. The molecule has 2 aromatic carbocycles. The minimum Gasteiger partial charge on any atom is -0.381 e. The molecule has 1 heterocycles. The van der Waals surface area contributed by atoms with Crippen LogP contribution in [0.1, 0.15) is 16.1 Å². The highest BCUT2D eigenvalue weighted by Gasteiger charge is 2.29. The average molecular weight is 444 g/mol. The Balaban J connectivity index is 1.84. The Morgan fingerprint density at radius 3 is 2.54 bits per heavy atom. The van der Waals surface area contributed by atoms with E-state index in [9.17, 15) is 14.7 Å². The van der Waals surface area contributed by atoms with Crippen molar-refractivity contribution in [2.45, 2.75) is 18.6 Å². The molecule has 0 bridgehead atoms. The molecule has 7 heteroatoms. The molecule has 0 aliphatic rings. The minimum atomic E-state index is -1.35. The summed E-state index contributed by atoms with van der Waals surface area (Å²) >= 11 is 3.41. The Bertz CT molecular complexity index is 985. The summed E-state index contributed by atoms with van der Waals surface area (Å²) in [5, 5.41) is 14.3. The van der Waals surface area contributed by atoms with Gasteiger partial charge in [0, 0.05) is 29.5 Å². The molecule has 3 aromatic rings. The number of carbonyl (C=O) groups excluding carboxylic acids is 2. The van der Waals surface area contributed by atoms with Crippen LogP contribution in [0.15, 0.2) is 59.1 Å². The van der Waals surface area contributed by atoms with Crippen LogP contribution in [0.5, 0.6) is 0 Å². The molecule has 6 nitrogen and oxygen atoms in total. The summed E-state index contributed by atoms with van der Waals surface area (Å²) in [6, 6.07) is 16.1. The first-order valence-corrected chi connectivity index (χ1v) is 9.67. The van der Waals surface area contributed by atoms with Gasteiger partial charge in [0.2, 0.25) is 0 Å². The van der Waals surface area contributed by atoms with Crippen LogP contribution in [-0.2, 0) is 11.2 Å². The zero-order valence-electron chi connectivity index (χ0n) is 15.6. The summed E-state index contributed by atoms with van der Waals surface area (Å²) in [6.45, 7) is 0. The van der Waals surface area contributed by atoms with E-state index in [0.29, 0.717) is 12.1 Å².